The van der Waals surface area contributed by atoms with E-state index in [1.807, 2.05) is 24.3 Å². The Morgan fingerprint density at radius 3 is 2.03 bits per heavy atom. The van der Waals surface area contributed by atoms with Gasteiger partial charge in [-0.3, -0.25) is 0 Å². The van der Waals surface area contributed by atoms with Crippen molar-refractivity contribution in [2.45, 2.75) is 13.5 Å². The van der Waals surface area contributed by atoms with E-state index in [4.69, 9.17) is 32.9 Å². The quantitative estimate of drug-likeness (QED) is 0.400. The molecule has 31 heavy (non-hydrogen) atoms. The molecule has 0 radical (unpaired) electrons. The highest BCUT2D eigenvalue weighted by molar-refractivity contribution is 6.31. The highest BCUT2D eigenvalue weighted by Crippen LogP contribution is 2.32. The summed E-state index contributed by atoms with van der Waals surface area (Å²) in [6, 6.07) is 14.4. The van der Waals surface area contributed by atoms with Gasteiger partial charge in [0.1, 0.15) is 6.54 Å². The first-order valence-corrected chi connectivity index (χ1v) is 10.1. The molecule has 4 rings (SSSR count). The van der Waals surface area contributed by atoms with Crippen LogP contribution in [-0.4, -0.2) is 42.8 Å². The first-order valence-electron chi connectivity index (χ1n) is 9.36. The normalized spacial score (nSPS) is 10.8. The van der Waals surface area contributed by atoms with Crippen LogP contribution in [0.2, 0.25) is 10.0 Å². The first-order chi connectivity index (χ1) is 15.0. The molecule has 0 aliphatic heterocycles. The van der Waals surface area contributed by atoms with E-state index in [1.54, 1.807) is 31.2 Å². The van der Waals surface area contributed by atoms with Crippen molar-refractivity contribution in [3.05, 3.63) is 76.3 Å². The van der Waals surface area contributed by atoms with Crippen LogP contribution in [0.1, 0.15) is 23.1 Å². The van der Waals surface area contributed by atoms with E-state index in [9.17, 15) is 4.79 Å². The van der Waals surface area contributed by atoms with Gasteiger partial charge in [-0.1, -0.05) is 47.5 Å². The number of tetrazole rings is 1. The van der Waals surface area contributed by atoms with Crippen molar-refractivity contribution in [1.29, 1.82) is 0 Å². The molecule has 4 aromatic rings. The van der Waals surface area contributed by atoms with Gasteiger partial charge in [-0.25, -0.2) is 14.8 Å². The Morgan fingerprint density at radius 1 is 0.935 bits per heavy atom. The van der Waals surface area contributed by atoms with E-state index in [-0.39, 0.29) is 18.8 Å². The number of rotatable bonds is 6. The van der Waals surface area contributed by atoms with Crippen LogP contribution in [0.5, 0.6) is 0 Å². The second kappa shape index (κ2) is 9.20. The molecule has 0 aliphatic carbocycles. The summed E-state index contributed by atoms with van der Waals surface area (Å²) in [6.07, 6.45) is 1.31. The van der Waals surface area contributed by atoms with Crippen LogP contribution in [0.15, 0.2) is 54.9 Å². The lowest BCUT2D eigenvalue weighted by atomic mass is 10.0. The molecule has 0 spiro atoms. The third kappa shape index (κ3) is 4.70. The second-order valence-corrected chi connectivity index (χ2v) is 7.29. The van der Waals surface area contributed by atoms with Crippen molar-refractivity contribution in [3.8, 4) is 22.5 Å². The smallest absolute Gasteiger partial charge is 0.358 e. The van der Waals surface area contributed by atoms with E-state index in [2.05, 4.69) is 20.4 Å². The van der Waals surface area contributed by atoms with Crippen molar-refractivity contribution < 1.29 is 9.53 Å². The van der Waals surface area contributed by atoms with E-state index < -0.39 is 5.97 Å². The third-order valence-corrected chi connectivity index (χ3v) is 4.86. The summed E-state index contributed by atoms with van der Waals surface area (Å²) in [5.41, 5.74) is 3.06. The second-order valence-electron chi connectivity index (χ2n) is 6.42. The molecule has 0 fully saturated rings. The lowest BCUT2D eigenvalue weighted by Crippen LogP contribution is -2.17. The van der Waals surface area contributed by atoms with Crippen LogP contribution in [0.4, 0.5) is 0 Å². The number of carbonyl (C=O) groups is 1. The zero-order valence-corrected chi connectivity index (χ0v) is 17.9. The van der Waals surface area contributed by atoms with Gasteiger partial charge in [0.15, 0.2) is 12.0 Å². The maximum Gasteiger partial charge on any atom is 0.358 e. The van der Waals surface area contributed by atoms with Gasteiger partial charge in [-0.2, -0.15) is 4.80 Å². The van der Waals surface area contributed by atoms with E-state index in [1.165, 1.54) is 11.1 Å². The van der Waals surface area contributed by atoms with Gasteiger partial charge in [0, 0.05) is 21.2 Å². The summed E-state index contributed by atoms with van der Waals surface area (Å²) in [4.78, 5) is 23.5. The third-order valence-electron chi connectivity index (χ3n) is 4.35. The fourth-order valence-corrected chi connectivity index (χ4v) is 3.21. The van der Waals surface area contributed by atoms with Crippen molar-refractivity contribution in [2.75, 3.05) is 6.61 Å². The molecule has 156 valence electrons. The topological polar surface area (TPSA) is 95.7 Å². The Bertz CT molecular complexity index is 1200. The number of ether oxygens (including phenoxy) is 1. The lowest BCUT2D eigenvalue weighted by molar-refractivity contribution is 0.0517. The van der Waals surface area contributed by atoms with Gasteiger partial charge in [-0.05, 0) is 36.4 Å². The number of esters is 1. The van der Waals surface area contributed by atoms with Gasteiger partial charge in [-0.15, -0.1) is 10.2 Å². The fraction of sp³-hybridized carbons (Fsp3) is 0.143. The first kappa shape index (κ1) is 20.9. The summed E-state index contributed by atoms with van der Waals surface area (Å²) in [5, 5.41) is 12.8. The maximum absolute atomic E-state index is 12.7. The molecule has 0 unspecified atom stereocenters. The monoisotopic (exact) mass is 454 g/mol. The van der Waals surface area contributed by atoms with Crippen LogP contribution in [0, 0.1) is 0 Å². The molecule has 2 heterocycles. The molecule has 0 aliphatic rings. The molecular formula is C21H16Cl2N6O2. The number of hydrogen-bond donors (Lipinski definition) is 0. The van der Waals surface area contributed by atoms with Gasteiger partial charge in [0.25, 0.3) is 0 Å². The van der Waals surface area contributed by atoms with Crippen LogP contribution in [0.25, 0.3) is 22.5 Å². The van der Waals surface area contributed by atoms with Gasteiger partial charge >= 0.3 is 5.97 Å². The molecule has 0 atom stereocenters. The van der Waals surface area contributed by atoms with E-state index >= 15 is 0 Å². The Balaban J connectivity index is 1.94. The molecular weight excluding hydrogens is 439 g/mol. The molecule has 0 bridgehead atoms. The van der Waals surface area contributed by atoms with Crippen molar-refractivity contribution in [1.82, 2.24) is 30.2 Å². The summed E-state index contributed by atoms with van der Waals surface area (Å²) in [5.74, 6) is -0.581. The number of aromatic nitrogens is 6. The van der Waals surface area contributed by atoms with Crippen LogP contribution < -0.4 is 0 Å². The van der Waals surface area contributed by atoms with Gasteiger partial charge < -0.3 is 4.74 Å². The summed E-state index contributed by atoms with van der Waals surface area (Å²) in [7, 11) is 0. The zero-order valence-electron chi connectivity index (χ0n) is 16.4. The molecule has 0 N–H and O–H groups in total. The number of benzene rings is 2. The predicted molar refractivity (Wildman–Crippen MR) is 116 cm³/mol. The molecule has 2 aromatic carbocycles. The van der Waals surface area contributed by atoms with Gasteiger partial charge in [0.2, 0.25) is 0 Å². The molecule has 8 nitrogen and oxygen atoms in total. The summed E-state index contributed by atoms with van der Waals surface area (Å²) < 4.78 is 5.21. The number of nitrogens with zero attached hydrogens (tertiary/aromatic N) is 6. The average Bonchev–Trinajstić information content (AvgIpc) is 3.28. The highest BCUT2D eigenvalue weighted by atomic mass is 35.5. The standard InChI is InChI=1S/C21H16Cl2N6O2/c1-2-31-21(30)20-17(11-29-25-12-24-28-29)26-18(13-3-7-15(22)8-4-13)19(27-20)14-5-9-16(23)10-6-14/h3-10,12H,2,11H2,1H3. The number of halogens is 2. The molecule has 0 saturated carbocycles. The fourth-order valence-electron chi connectivity index (χ4n) is 2.96. The number of hydrogen-bond acceptors (Lipinski definition) is 7. The van der Waals surface area contributed by atoms with Crippen molar-refractivity contribution in [3.63, 3.8) is 0 Å². The number of carbonyl (C=O) groups excluding carboxylic acids is 1. The minimum Gasteiger partial charge on any atom is -0.461 e. The Morgan fingerprint density at radius 2 is 1.52 bits per heavy atom. The lowest BCUT2D eigenvalue weighted by Gasteiger charge is -2.14. The Labute approximate surface area is 187 Å². The average molecular weight is 455 g/mol. The van der Waals surface area contributed by atoms with E-state index in [0.717, 1.165) is 11.1 Å². The zero-order chi connectivity index (χ0) is 21.8. The molecule has 10 heteroatoms. The van der Waals surface area contributed by atoms with Crippen LogP contribution >= 0.6 is 23.2 Å². The molecule has 0 saturated heterocycles. The van der Waals surface area contributed by atoms with Crippen LogP contribution in [-0.2, 0) is 11.3 Å². The predicted octanol–water partition coefficient (Wildman–Crippen LogP) is 4.33. The molecule has 0 amide bonds. The minimum atomic E-state index is -0.581. The summed E-state index contributed by atoms with van der Waals surface area (Å²) >= 11 is 12.1. The van der Waals surface area contributed by atoms with Crippen molar-refractivity contribution in [2.24, 2.45) is 0 Å². The Hall–Kier alpha value is -3.36. The summed E-state index contributed by atoms with van der Waals surface area (Å²) in [6.45, 7) is 2.03. The van der Waals surface area contributed by atoms with Crippen molar-refractivity contribution >= 4 is 29.2 Å². The SMILES string of the molecule is CCOC(=O)c1nc(-c2ccc(Cl)cc2)c(-c2ccc(Cl)cc2)nc1Cn1ncnn1. The van der Waals surface area contributed by atoms with Crippen LogP contribution in [0.3, 0.4) is 0 Å². The minimum absolute atomic E-state index is 0.0850. The highest BCUT2D eigenvalue weighted by Gasteiger charge is 2.23. The largest absolute Gasteiger partial charge is 0.461 e. The Kier molecular flexibility index (Phi) is 6.20. The molecule has 2 aromatic heterocycles. The maximum atomic E-state index is 12.7. The van der Waals surface area contributed by atoms with E-state index in [0.29, 0.717) is 27.1 Å². The van der Waals surface area contributed by atoms with Gasteiger partial charge in [0.05, 0.1) is 23.7 Å².